The molecule has 0 aliphatic carbocycles. The van der Waals surface area contributed by atoms with E-state index < -0.39 is 0 Å². The molecule has 106 valence electrons. The molecule has 0 amide bonds. The number of hydrogen-bond donors (Lipinski definition) is 2. The van der Waals surface area contributed by atoms with Crippen molar-refractivity contribution in [3.63, 3.8) is 0 Å². The molecule has 0 fully saturated rings. The van der Waals surface area contributed by atoms with E-state index >= 15 is 0 Å². The number of nitrogens with zero attached hydrogens (tertiary/aromatic N) is 4. The summed E-state index contributed by atoms with van der Waals surface area (Å²) in [6, 6.07) is 3.86. The zero-order valence-electron chi connectivity index (χ0n) is 11.5. The molecule has 1 unspecified atom stereocenters. The number of aromatic nitrogens is 5. The van der Waals surface area contributed by atoms with Crippen molar-refractivity contribution in [2.45, 2.75) is 25.9 Å². The van der Waals surface area contributed by atoms with E-state index in [4.69, 9.17) is 4.52 Å². The Balaban J connectivity index is 1.62. The van der Waals surface area contributed by atoms with Gasteiger partial charge in [0.2, 0.25) is 11.7 Å². The Morgan fingerprint density at radius 3 is 3.19 bits per heavy atom. The Morgan fingerprint density at radius 1 is 1.33 bits per heavy atom. The molecule has 0 bridgehead atoms. The van der Waals surface area contributed by atoms with Crippen molar-refractivity contribution in [3.05, 3.63) is 47.5 Å². The van der Waals surface area contributed by atoms with E-state index in [0.29, 0.717) is 11.7 Å². The van der Waals surface area contributed by atoms with E-state index in [2.05, 4.69) is 30.4 Å². The lowest BCUT2D eigenvalue weighted by molar-refractivity contribution is 0.319. The molecule has 0 saturated carbocycles. The van der Waals surface area contributed by atoms with Crippen LogP contribution in [-0.4, -0.2) is 25.1 Å². The van der Waals surface area contributed by atoms with Crippen molar-refractivity contribution in [3.8, 4) is 11.5 Å². The number of nitrogens with one attached hydrogen (secondary N) is 2. The molecule has 7 nitrogen and oxygen atoms in total. The predicted molar refractivity (Wildman–Crippen MR) is 74.1 cm³/mol. The van der Waals surface area contributed by atoms with Crippen LogP contribution < -0.4 is 5.32 Å². The highest BCUT2D eigenvalue weighted by Crippen LogP contribution is 2.25. The summed E-state index contributed by atoms with van der Waals surface area (Å²) in [6.45, 7) is 2.70. The number of H-pyrrole nitrogens is 1. The van der Waals surface area contributed by atoms with E-state index in [0.717, 1.165) is 35.6 Å². The highest BCUT2D eigenvalue weighted by Gasteiger charge is 2.26. The number of hydrogen-bond acceptors (Lipinski definition) is 6. The van der Waals surface area contributed by atoms with Gasteiger partial charge in [0.25, 0.3) is 0 Å². The molecule has 3 aromatic rings. The maximum atomic E-state index is 5.40. The third kappa shape index (κ3) is 2.11. The Hall–Kier alpha value is -2.54. The molecule has 0 radical (unpaired) electrons. The summed E-state index contributed by atoms with van der Waals surface area (Å²) in [4.78, 5) is 16.2. The predicted octanol–water partition coefficient (Wildman–Crippen LogP) is 1.55. The number of pyridine rings is 1. The van der Waals surface area contributed by atoms with Crippen molar-refractivity contribution in [2.75, 3.05) is 0 Å². The smallest absolute Gasteiger partial charge is 0.244 e. The first kappa shape index (κ1) is 12.2. The van der Waals surface area contributed by atoms with Gasteiger partial charge in [-0.1, -0.05) is 11.2 Å². The summed E-state index contributed by atoms with van der Waals surface area (Å²) in [6.07, 6.45) is 4.18. The van der Waals surface area contributed by atoms with Crippen molar-refractivity contribution < 1.29 is 4.52 Å². The monoisotopic (exact) mass is 282 g/mol. The fourth-order valence-corrected chi connectivity index (χ4v) is 2.54. The molecule has 0 spiro atoms. The minimum atomic E-state index is -0.00827. The van der Waals surface area contributed by atoms with Gasteiger partial charge in [-0.05, 0) is 18.6 Å². The largest absolute Gasteiger partial charge is 0.347 e. The van der Waals surface area contributed by atoms with E-state index in [9.17, 15) is 0 Å². The molecule has 2 N–H and O–H groups in total. The summed E-state index contributed by atoms with van der Waals surface area (Å²) in [5.74, 6) is 1.10. The summed E-state index contributed by atoms with van der Waals surface area (Å²) in [7, 11) is 0. The van der Waals surface area contributed by atoms with Crippen molar-refractivity contribution in [1.29, 1.82) is 0 Å². The van der Waals surface area contributed by atoms with Crippen LogP contribution in [0.2, 0.25) is 0 Å². The zero-order valence-corrected chi connectivity index (χ0v) is 11.5. The third-order valence-electron chi connectivity index (χ3n) is 3.69. The standard InChI is InChI=1S/C14H14N6O/c1-8-3-2-4-15-12(8)13-19-14(21-20-13)10-5-9-11(6-16-10)18-7-17-9/h2-4,7,10,16H,5-6H2,1H3,(H,17,18). The first-order valence-electron chi connectivity index (χ1n) is 6.81. The molecule has 1 aliphatic rings. The van der Waals surface area contributed by atoms with E-state index in [1.54, 1.807) is 12.5 Å². The molecule has 4 heterocycles. The van der Waals surface area contributed by atoms with Crippen molar-refractivity contribution in [1.82, 2.24) is 30.4 Å². The van der Waals surface area contributed by atoms with Crippen LogP contribution in [0.4, 0.5) is 0 Å². The maximum absolute atomic E-state index is 5.40. The number of imidazole rings is 1. The summed E-state index contributed by atoms with van der Waals surface area (Å²) in [5.41, 5.74) is 3.94. The average molecular weight is 282 g/mol. The van der Waals surface area contributed by atoms with Gasteiger partial charge in [-0.3, -0.25) is 10.3 Å². The lowest BCUT2D eigenvalue weighted by Gasteiger charge is -2.19. The zero-order chi connectivity index (χ0) is 14.2. The molecule has 0 aromatic carbocycles. The van der Waals surface area contributed by atoms with Crippen molar-refractivity contribution >= 4 is 0 Å². The van der Waals surface area contributed by atoms with Gasteiger partial charge in [0.05, 0.1) is 23.8 Å². The Labute approximate surface area is 120 Å². The van der Waals surface area contributed by atoms with Crippen LogP contribution in [0.5, 0.6) is 0 Å². The van der Waals surface area contributed by atoms with Gasteiger partial charge >= 0.3 is 0 Å². The molecule has 4 rings (SSSR count). The van der Waals surface area contributed by atoms with Crippen LogP contribution in [0.25, 0.3) is 11.5 Å². The van der Waals surface area contributed by atoms with Crippen molar-refractivity contribution in [2.24, 2.45) is 0 Å². The van der Waals surface area contributed by atoms with Crippen LogP contribution in [-0.2, 0) is 13.0 Å². The molecule has 21 heavy (non-hydrogen) atoms. The molecular formula is C14H14N6O. The number of rotatable bonds is 2. The molecule has 1 aliphatic heterocycles. The highest BCUT2D eigenvalue weighted by molar-refractivity contribution is 5.53. The van der Waals surface area contributed by atoms with Crippen LogP contribution >= 0.6 is 0 Å². The molecule has 3 aromatic heterocycles. The summed E-state index contributed by atoms with van der Waals surface area (Å²) < 4.78 is 5.40. The van der Waals surface area contributed by atoms with Crippen LogP contribution in [0.15, 0.2) is 29.2 Å². The molecule has 7 heteroatoms. The number of aromatic amines is 1. The minimum Gasteiger partial charge on any atom is -0.347 e. The highest BCUT2D eigenvalue weighted by atomic mass is 16.5. The Bertz CT molecular complexity index is 777. The van der Waals surface area contributed by atoms with Crippen LogP contribution in [0.3, 0.4) is 0 Å². The Kier molecular flexibility index (Phi) is 2.78. The second-order valence-corrected chi connectivity index (χ2v) is 5.09. The average Bonchev–Trinajstić information content (AvgIpc) is 3.16. The normalized spacial score (nSPS) is 17.7. The quantitative estimate of drug-likeness (QED) is 0.741. The fraction of sp³-hybridized carbons (Fsp3) is 0.286. The van der Waals surface area contributed by atoms with Gasteiger partial charge < -0.3 is 9.51 Å². The van der Waals surface area contributed by atoms with Gasteiger partial charge in [-0.25, -0.2) is 4.98 Å². The Morgan fingerprint density at radius 2 is 2.29 bits per heavy atom. The third-order valence-corrected chi connectivity index (χ3v) is 3.69. The van der Waals surface area contributed by atoms with Crippen LogP contribution in [0.1, 0.15) is 28.9 Å². The topological polar surface area (TPSA) is 92.5 Å². The lowest BCUT2D eigenvalue weighted by Crippen LogP contribution is -2.28. The fourth-order valence-electron chi connectivity index (χ4n) is 2.54. The van der Waals surface area contributed by atoms with Gasteiger partial charge in [-0.15, -0.1) is 0 Å². The molecular weight excluding hydrogens is 268 g/mol. The van der Waals surface area contributed by atoms with E-state index in [-0.39, 0.29) is 6.04 Å². The maximum Gasteiger partial charge on any atom is 0.244 e. The number of aryl methyl sites for hydroxylation is 1. The SMILES string of the molecule is Cc1cccnc1-c1noc(C2Cc3nc[nH]c3CN2)n1. The van der Waals surface area contributed by atoms with Crippen LogP contribution in [0, 0.1) is 6.92 Å². The van der Waals surface area contributed by atoms with Gasteiger partial charge in [-0.2, -0.15) is 4.98 Å². The minimum absolute atomic E-state index is 0.00827. The van der Waals surface area contributed by atoms with E-state index in [1.807, 2.05) is 19.1 Å². The van der Waals surface area contributed by atoms with E-state index in [1.165, 1.54) is 0 Å². The van der Waals surface area contributed by atoms with Gasteiger partial charge in [0.15, 0.2) is 0 Å². The second-order valence-electron chi connectivity index (χ2n) is 5.09. The molecule has 1 atom stereocenters. The summed E-state index contributed by atoms with van der Waals surface area (Å²) in [5, 5.41) is 7.42. The number of fused-ring (bicyclic) bond motifs is 1. The first-order chi connectivity index (χ1) is 10.3. The summed E-state index contributed by atoms with van der Waals surface area (Å²) >= 11 is 0. The first-order valence-corrected chi connectivity index (χ1v) is 6.81. The second kappa shape index (κ2) is 4.78. The van der Waals surface area contributed by atoms with Gasteiger partial charge in [0.1, 0.15) is 5.69 Å². The molecule has 0 saturated heterocycles. The lowest BCUT2D eigenvalue weighted by atomic mass is 10.1. The van der Waals surface area contributed by atoms with Gasteiger partial charge in [0, 0.05) is 19.2 Å².